The van der Waals surface area contributed by atoms with Gasteiger partial charge in [-0.1, -0.05) is 48.0 Å². The number of aromatic nitrogens is 1. The molecule has 39 heavy (non-hydrogen) atoms. The number of nitrogens with one attached hydrogen (secondary N) is 1. The second-order valence-electron chi connectivity index (χ2n) is 8.97. The number of amides is 3. The normalized spacial score (nSPS) is 14.4. The summed E-state index contributed by atoms with van der Waals surface area (Å²) in [5, 5.41) is 3.89. The van der Waals surface area contributed by atoms with Crippen LogP contribution in [0.25, 0.3) is 17.0 Å². The van der Waals surface area contributed by atoms with Gasteiger partial charge in [-0.3, -0.25) is 19.3 Å². The minimum absolute atomic E-state index is 0.276. The molecule has 2 heterocycles. The Morgan fingerprint density at radius 3 is 2.49 bits per heavy atom. The van der Waals surface area contributed by atoms with Crippen LogP contribution in [0.5, 0.6) is 5.75 Å². The first kappa shape index (κ1) is 26.6. The molecule has 4 aromatic rings. The number of nitrogens with zero attached hydrogens (tertiary/aromatic N) is 2. The average molecular weight is 560 g/mol. The van der Waals surface area contributed by atoms with E-state index in [2.05, 4.69) is 9.88 Å². The molecule has 198 valence electrons. The average Bonchev–Trinajstić information content (AvgIpc) is 3.34. The molecule has 1 aromatic heterocycles. The van der Waals surface area contributed by atoms with E-state index in [0.29, 0.717) is 29.6 Å². The molecule has 0 aliphatic carbocycles. The van der Waals surface area contributed by atoms with Crippen molar-refractivity contribution in [1.29, 1.82) is 0 Å². The molecule has 0 radical (unpaired) electrons. The van der Waals surface area contributed by atoms with Crippen molar-refractivity contribution in [3.05, 3.63) is 99.5 Å². The minimum atomic E-state index is -0.492. The third kappa shape index (κ3) is 5.57. The van der Waals surface area contributed by atoms with E-state index in [0.717, 1.165) is 44.4 Å². The number of rotatable bonds is 8. The van der Waals surface area contributed by atoms with Crippen LogP contribution in [0.2, 0.25) is 5.02 Å². The number of anilines is 1. The molecular weight excluding hydrogens is 534 g/mol. The Bertz CT molecular complexity index is 1610. The number of ether oxygens (including phenoxy) is 1. The fourth-order valence-corrected chi connectivity index (χ4v) is 5.57. The minimum Gasteiger partial charge on any atom is -0.494 e. The Kier molecular flexibility index (Phi) is 7.77. The van der Waals surface area contributed by atoms with Gasteiger partial charge >= 0.3 is 0 Å². The first-order chi connectivity index (χ1) is 18.9. The Balaban J connectivity index is 1.37. The first-order valence-corrected chi connectivity index (χ1v) is 13.6. The van der Waals surface area contributed by atoms with E-state index >= 15 is 0 Å². The van der Waals surface area contributed by atoms with Crippen LogP contribution in [0.1, 0.15) is 23.7 Å². The largest absolute Gasteiger partial charge is 0.494 e. The van der Waals surface area contributed by atoms with Crippen LogP contribution in [0, 0.1) is 6.92 Å². The summed E-state index contributed by atoms with van der Waals surface area (Å²) in [4.78, 5) is 39.8. The SMILES string of the molecule is CCOc1ccc(NC(=O)CN2C(=O)SC(=Cc3c(C)n(Cc4ccccc4Cl)c4ccccc34)C2=O)cc1. The smallest absolute Gasteiger partial charge is 0.294 e. The van der Waals surface area contributed by atoms with Crippen LogP contribution in [0.3, 0.4) is 0 Å². The molecule has 7 nitrogen and oxygen atoms in total. The fraction of sp³-hybridized carbons (Fsp3) is 0.167. The maximum Gasteiger partial charge on any atom is 0.294 e. The lowest BCUT2D eigenvalue weighted by Gasteiger charge is -2.12. The zero-order valence-electron chi connectivity index (χ0n) is 21.4. The lowest BCUT2D eigenvalue weighted by molar-refractivity contribution is -0.127. The number of hydrogen-bond acceptors (Lipinski definition) is 5. The highest BCUT2D eigenvalue weighted by molar-refractivity contribution is 8.18. The number of carbonyl (C=O) groups is 3. The Hall–Kier alpha value is -4.01. The molecule has 0 saturated carbocycles. The van der Waals surface area contributed by atoms with Gasteiger partial charge < -0.3 is 14.6 Å². The Morgan fingerprint density at radius 1 is 1.03 bits per heavy atom. The van der Waals surface area contributed by atoms with Crippen LogP contribution in [0.15, 0.2) is 77.7 Å². The zero-order valence-corrected chi connectivity index (χ0v) is 23.0. The van der Waals surface area contributed by atoms with Gasteiger partial charge in [0.2, 0.25) is 5.91 Å². The van der Waals surface area contributed by atoms with E-state index in [1.54, 1.807) is 30.3 Å². The molecule has 1 aliphatic rings. The quantitative estimate of drug-likeness (QED) is 0.242. The van der Waals surface area contributed by atoms with Gasteiger partial charge in [-0.15, -0.1) is 0 Å². The number of thioether (sulfide) groups is 1. The van der Waals surface area contributed by atoms with E-state index < -0.39 is 17.1 Å². The maximum atomic E-state index is 13.2. The van der Waals surface area contributed by atoms with Gasteiger partial charge in [-0.25, -0.2) is 0 Å². The van der Waals surface area contributed by atoms with Gasteiger partial charge in [-0.05, 0) is 73.6 Å². The zero-order chi connectivity index (χ0) is 27.5. The summed E-state index contributed by atoms with van der Waals surface area (Å²) < 4.78 is 7.56. The molecule has 5 rings (SSSR count). The van der Waals surface area contributed by atoms with Crippen LogP contribution < -0.4 is 10.1 Å². The summed E-state index contributed by atoms with van der Waals surface area (Å²) in [7, 11) is 0. The highest BCUT2D eigenvalue weighted by atomic mass is 35.5. The lowest BCUT2D eigenvalue weighted by atomic mass is 10.1. The fourth-order valence-electron chi connectivity index (χ4n) is 4.55. The number of para-hydroxylation sites is 1. The van der Waals surface area contributed by atoms with Gasteiger partial charge in [0.25, 0.3) is 11.1 Å². The molecule has 9 heteroatoms. The van der Waals surface area contributed by atoms with E-state index in [9.17, 15) is 14.4 Å². The van der Waals surface area contributed by atoms with E-state index in [-0.39, 0.29) is 11.4 Å². The molecule has 3 aromatic carbocycles. The van der Waals surface area contributed by atoms with Crippen molar-refractivity contribution in [3.8, 4) is 5.75 Å². The summed E-state index contributed by atoms with van der Waals surface area (Å²) in [6.45, 7) is 4.60. The molecule has 1 fully saturated rings. The monoisotopic (exact) mass is 559 g/mol. The third-order valence-electron chi connectivity index (χ3n) is 6.47. The van der Waals surface area contributed by atoms with E-state index in [4.69, 9.17) is 16.3 Å². The standard InChI is InChI=1S/C30H26ClN3O4S/c1-3-38-22-14-12-21(13-15-22)32-28(35)18-34-29(36)27(39-30(34)37)16-24-19(2)33(26-11-7-5-9-23(24)26)17-20-8-4-6-10-25(20)31/h4-16H,3,17-18H2,1-2H3,(H,32,35). The summed E-state index contributed by atoms with van der Waals surface area (Å²) in [6, 6.07) is 22.5. The molecule has 1 saturated heterocycles. The number of fused-ring (bicyclic) bond motifs is 1. The van der Waals surface area contributed by atoms with E-state index in [1.165, 1.54) is 0 Å². The summed E-state index contributed by atoms with van der Waals surface area (Å²) in [5.74, 6) is -0.264. The predicted molar refractivity (Wildman–Crippen MR) is 156 cm³/mol. The van der Waals surface area contributed by atoms with Crippen molar-refractivity contribution >= 4 is 63.1 Å². The summed E-state index contributed by atoms with van der Waals surface area (Å²) >= 11 is 7.27. The number of benzene rings is 3. The van der Waals surface area contributed by atoms with Crippen molar-refractivity contribution in [1.82, 2.24) is 9.47 Å². The van der Waals surface area contributed by atoms with Crippen molar-refractivity contribution < 1.29 is 19.1 Å². The Morgan fingerprint density at radius 2 is 1.74 bits per heavy atom. The maximum absolute atomic E-state index is 13.2. The molecule has 3 amide bonds. The van der Waals surface area contributed by atoms with Crippen molar-refractivity contribution in [3.63, 3.8) is 0 Å². The van der Waals surface area contributed by atoms with Crippen molar-refractivity contribution in [2.75, 3.05) is 18.5 Å². The topological polar surface area (TPSA) is 80.6 Å². The van der Waals surface area contributed by atoms with Crippen LogP contribution >= 0.6 is 23.4 Å². The highest BCUT2D eigenvalue weighted by Gasteiger charge is 2.36. The number of halogens is 1. The summed E-state index contributed by atoms with van der Waals surface area (Å²) in [6.07, 6.45) is 1.75. The third-order valence-corrected chi connectivity index (χ3v) is 7.74. The number of carbonyl (C=O) groups excluding carboxylic acids is 3. The molecule has 0 bridgehead atoms. The second kappa shape index (κ2) is 11.4. The molecule has 1 aliphatic heterocycles. The van der Waals surface area contributed by atoms with Crippen LogP contribution in [-0.4, -0.2) is 39.7 Å². The molecule has 0 atom stereocenters. The number of imide groups is 1. The van der Waals surface area contributed by atoms with Gasteiger partial charge in [0.1, 0.15) is 12.3 Å². The van der Waals surface area contributed by atoms with Gasteiger partial charge in [-0.2, -0.15) is 0 Å². The highest BCUT2D eigenvalue weighted by Crippen LogP contribution is 2.36. The molecule has 1 N–H and O–H groups in total. The molecular formula is C30H26ClN3O4S. The van der Waals surface area contributed by atoms with Crippen molar-refractivity contribution in [2.24, 2.45) is 0 Å². The first-order valence-electron chi connectivity index (χ1n) is 12.4. The summed E-state index contributed by atoms with van der Waals surface area (Å²) in [5.41, 5.74) is 4.31. The Labute approximate surface area is 235 Å². The van der Waals surface area contributed by atoms with Gasteiger partial charge in [0, 0.05) is 39.4 Å². The molecule has 0 unspecified atom stereocenters. The van der Waals surface area contributed by atoms with Crippen LogP contribution in [0.4, 0.5) is 10.5 Å². The van der Waals surface area contributed by atoms with E-state index in [1.807, 2.05) is 62.4 Å². The van der Waals surface area contributed by atoms with Gasteiger partial charge in [0.05, 0.1) is 11.5 Å². The van der Waals surface area contributed by atoms with Crippen LogP contribution in [-0.2, 0) is 16.1 Å². The van der Waals surface area contributed by atoms with Crippen molar-refractivity contribution in [2.45, 2.75) is 20.4 Å². The lowest BCUT2D eigenvalue weighted by Crippen LogP contribution is -2.36. The predicted octanol–water partition coefficient (Wildman–Crippen LogP) is 6.73. The second-order valence-corrected chi connectivity index (χ2v) is 10.4. The number of hydrogen-bond donors (Lipinski definition) is 1. The molecule has 0 spiro atoms. The van der Waals surface area contributed by atoms with Gasteiger partial charge in [0.15, 0.2) is 0 Å².